The molecular formula is C25H24ClN3O2. The number of amides is 1. The van der Waals surface area contributed by atoms with Gasteiger partial charge in [-0.3, -0.25) is 4.79 Å². The van der Waals surface area contributed by atoms with Gasteiger partial charge in [0.05, 0.1) is 6.10 Å². The van der Waals surface area contributed by atoms with Gasteiger partial charge in [0.25, 0.3) is 5.91 Å². The molecule has 0 aliphatic rings. The Hall–Kier alpha value is -3.49. The number of benzene rings is 2. The van der Waals surface area contributed by atoms with Crippen LogP contribution in [0.4, 0.5) is 5.69 Å². The van der Waals surface area contributed by atoms with Crippen LogP contribution in [0.25, 0.3) is 11.8 Å². The van der Waals surface area contributed by atoms with Gasteiger partial charge in [-0.25, -0.2) is 0 Å². The highest BCUT2D eigenvalue weighted by atomic mass is 35.5. The van der Waals surface area contributed by atoms with E-state index in [2.05, 4.69) is 9.88 Å². The van der Waals surface area contributed by atoms with Crippen molar-refractivity contribution in [2.45, 2.75) is 33.8 Å². The van der Waals surface area contributed by atoms with Crippen LogP contribution < -0.4 is 10.1 Å². The molecule has 1 N–H and O–H groups in total. The van der Waals surface area contributed by atoms with E-state index in [1.165, 1.54) is 0 Å². The SMILES string of the molecule is Cc1cc(/C=C(\C#N)C(=O)Nc2cccc(OC(C)C)c2)c(C)n1-c1ccc(Cl)cc1. The summed E-state index contributed by atoms with van der Waals surface area (Å²) < 4.78 is 7.72. The second-order valence-corrected chi connectivity index (χ2v) is 7.89. The standard InChI is InChI=1S/C25H24ClN3O2/c1-16(2)31-24-7-5-6-22(14-24)28-25(30)20(15-27)13-19-12-17(3)29(18(19)4)23-10-8-21(26)9-11-23/h5-14,16H,1-4H3,(H,28,30)/b20-13+. The highest BCUT2D eigenvalue weighted by Gasteiger charge is 2.14. The van der Waals surface area contributed by atoms with Crippen molar-refractivity contribution in [2.24, 2.45) is 0 Å². The first-order valence-electron chi connectivity index (χ1n) is 9.93. The van der Waals surface area contributed by atoms with E-state index in [9.17, 15) is 10.1 Å². The zero-order valence-electron chi connectivity index (χ0n) is 17.9. The predicted octanol–water partition coefficient (Wildman–Crippen LogP) is 6.08. The zero-order chi connectivity index (χ0) is 22.5. The van der Waals surface area contributed by atoms with Crippen molar-refractivity contribution in [3.8, 4) is 17.5 Å². The minimum absolute atomic E-state index is 0.0199. The van der Waals surface area contributed by atoms with Crippen molar-refractivity contribution in [1.29, 1.82) is 5.26 Å². The maximum atomic E-state index is 12.7. The molecule has 0 fully saturated rings. The molecule has 3 aromatic rings. The number of aryl methyl sites for hydroxylation is 1. The van der Waals surface area contributed by atoms with Crippen LogP contribution in [0, 0.1) is 25.2 Å². The summed E-state index contributed by atoms with van der Waals surface area (Å²) in [6.07, 6.45) is 1.63. The van der Waals surface area contributed by atoms with Gasteiger partial charge in [-0.05, 0) is 81.8 Å². The molecule has 0 spiro atoms. The Kier molecular flexibility index (Phi) is 6.84. The summed E-state index contributed by atoms with van der Waals surface area (Å²) in [5.74, 6) is 0.183. The van der Waals surface area contributed by atoms with Crippen molar-refractivity contribution in [3.63, 3.8) is 0 Å². The number of anilines is 1. The first kappa shape index (κ1) is 22.2. The summed E-state index contributed by atoms with van der Waals surface area (Å²) in [5.41, 5.74) is 4.26. The Bertz CT molecular complexity index is 1170. The van der Waals surface area contributed by atoms with E-state index in [0.717, 1.165) is 22.6 Å². The third-order valence-corrected chi connectivity index (χ3v) is 4.94. The quantitative estimate of drug-likeness (QED) is 0.378. The predicted molar refractivity (Wildman–Crippen MR) is 125 cm³/mol. The lowest BCUT2D eigenvalue weighted by molar-refractivity contribution is -0.112. The second-order valence-electron chi connectivity index (χ2n) is 7.46. The van der Waals surface area contributed by atoms with Gasteiger partial charge < -0.3 is 14.6 Å². The number of rotatable bonds is 6. The van der Waals surface area contributed by atoms with Crippen LogP contribution in [0.5, 0.6) is 5.75 Å². The average molecular weight is 434 g/mol. The molecule has 0 unspecified atom stereocenters. The second kappa shape index (κ2) is 9.55. The van der Waals surface area contributed by atoms with Gasteiger partial charge in [-0.15, -0.1) is 0 Å². The lowest BCUT2D eigenvalue weighted by atomic mass is 10.1. The molecule has 1 heterocycles. The van der Waals surface area contributed by atoms with Gasteiger partial charge in [0, 0.05) is 33.9 Å². The number of ether oxygens (including phenoxy) is 1. The van der Waals surface area contributed by atoms with Crippen LogP contribution in [0.3, 0.4) is 0 Å². The Morgan fingerprint density at radius 1 is 1.16 bits per heavy atom. The fourth-order valence-corrected chi connectivity index (χ4v) is 3.47. The zero-order valence-corrected chi connectivity index (χ0v) is 18.7. The van der Waals surface area contributed by atoms with Crippen molar-refractivity contribution in [3.05, 3.63) is 82.1 Å². The van der Waals surface area contributed by atoms with Gasteiger partial charge in [0.2, 0.25) is 0 Å². The van der Waals surface area contributed by atoms with E-state index >= 15 is 0 Å². The largest absolute Gasteiger partial charge is 0.491 e. The van der Waals surface area contributed by atoms with Gasteiger partial charge in [-0.1, -0.05) is 17.7 Å². The Labute approximate surface area is 187 Å². The molecule has 0 bridgehead atoms. The number of halogens is 1. The van der Waals surface area contributed by atoms with E-state index in [1.807, 2.05) is 70.2 Å². The lowest BCUT2D eigenvalue weighted by Crippen LogP contribution is -2.14. The smallest absolute Gasteiger partial charge is 0.266 e. The minimum Gasteiger partial charge on any atom is -0.491 e. The first-order chi connectivity index (χ1) is 14.8. The third kappa shape index (κ3) is 5.36. The summed E-state index contributed by atoms with van der Waals surface area (Å²) in [6, 6.07) is 18.6. The van der Waals surface area contributed by atoms with Crippen LogP contribution in [-0.4, -0.2) is 16.6 Å². The highest BCUT2D eigenvalue weighted by Crippen LogP contribution is 2.24. The molecule has 0 aliphatic carbocycles. The number of carbonyl (C=O) groups is 1. The number of aromatic nitrogens is 1. The summed E-state index contributed by atoms with van der Waals surface area (Å²) in [7, 11) is 0. The van der Waals surface area contributed by atoms with E-state index in [1.54, 1.807) is 24.3 Å². The highest BCUT2D eigenvalue weighted by molar-refractivity contribution is 6.30. The van der Waals surface area contributed by atoms with Gasteiger partial charge in [0.15, 0.2) is 0 Å². The molecule has 0 saturated carbocycles. The van der Waals surface area contributed by atoms with E-state index in [-0.39, 0.29) is 11.7 Å². The van der Waals surface area contributed by atoms with Crippen molar-refractivity contribution < 1.29 is 9.53 Å². The fourth-order valence-electron chi connectivity index (χ4n) is 3.34. The van der Waals surface area contributed by atoms with Gasteiger partial charge in [0.1, 0.15) is 17.4 Å². The Balaban J connectivity index is 1.87. The molecule has 0 saturated heterocycles. The van der Waals surface area contributed by atoms with E-state index in [4.69, 9.17) is 16.3 Å². The summed E-state index contributed by atoms with van der Waals surface area (Å²) in [6.45, 7) is 7.79. The number of carbonyl (C=O) groups excluding carboxylic acids is 1. The number of nitriles is 1. The maximum Gasteiger partial charge on any atom is 0.266 e. The Morgan fingerprint density at radius 3 is 2.52 bits per heavy atom. The fraction of sp³-hybridized carbons (Fsp3) is 0.200. The van der Waals surface area contributed by atoms with Crippen LogP contribution in [-0.2, 0) is 4.79 Å². The van der Waals surface area contributed by atoms with Crippen molar-refractivity contribution in [1.82, 2.24) is 4.57 Å². The van der Waals surface area contributed by atoms with Crippen LogP contribution in [0.15, 0.2) is 60.2 Å². The molecule has 3 rings (SSSR count). The van der Waals surface area contributed by atoms with Crippen molar-refractivity contribution in [2.75, 3.05) is 5.32 Å². The van der Waals surface area contributed by atoms with Crippen LogP contribution >= 0.6 is 11.6 Å². The summed E-state index contributed by atoms with van der Waals surface area (Å²) in [5, 5.41) is 13.0. The molecule has 158 valence electrons. The van der Waals surface area contributed by atoms with E-state index in [0.29, 0.717) is 16.5 Å². The lowest BCUT2D eigenvalue weighted by Gasteiger charge is -2.11. The Morgan fingerprint density at radius 2 is 1.87 bits per heavy atom. The summed E-state index contributed by atoms with van der Waals surface area (Å²) in [4.78, 5) is 12.7. The molecule has 6 heteroatoms. The monoisotopic (exact) mass is 433 g/mol. The van der Waals surface area contributed by atoms with Crippen LogP contribution in [0.1, 0.15) is 30.8 Å². The van der Waals surface area contributed by atoms with Crippen molar-refractivity contribution >= 4 is 29.3 Å². The normalized spacial score (nSPS) is 11.3. The number of nitrogens with zero attached hydrogens (tertiary/aromatic N) is 2. The number of nitrogens with one attached hydrogen (secondary N) is 1. The molecule has 31 heavy (non-hydrogen) atoms. The minimum atomic E-state index is -0.472. The third-order valence-electron chi connectivity index (χ3n) is 4.68. The van der Waals surface area contributed by atoms with Gasteiger partial charge in [-0.2, -0.15) is 5.26 Å². The number of hydrogen-bond acceptors (Lipinski definition) is 3. The molecule has 2 aromatic carbocycles. The average Bonchev–Trinajstić information content (AvgIpc) is 2.99. The molecule has 1 amide bonds. The van der Waals surface area contributed by atoms with E-state index < -0.39 is 5.91 Å². The first-order valence-corrected chi connectivity index (χ1v) is 10.3. The summed E-state index contributed by atoms with van der Waals surface area (Å²) >= 11 is 6.00. The molecule has 0 aliphatic heterocycles. The molecule has 0 atom stereocenters. The molecular weight excluding hydrogens is 410 g/mol. The van der Waals surface area contributed by atoms with Gasteiger partial charge >= 0.3 is 0 Å². The molecule has 5 nitrogen and oxygen atoms in total. The maximum absolute atomic E-state index is 12.7. The topological polar surface area (TPSA) is 67.1 Å². The molecule has 1 aromatic heterocycles. The van der Waals surface area contributed by atoms with Crippen LogP contribution in [0.2, 0.25) is 5.02 Å². The number of hydrogen-bond donors (Lipinski definition) is 1. The molecule has 0 radical (unpaired) electrons.